The van der Waals surface area contributed by atoms with Crippen LogP contribution in [0, 0.1) is 0 Å². The summed E-state index contributed by atoms with van der Waals surface area (Å²) in [7, 11) is 1.93. The van der Waals surface area contributed by atoms with Crippen LogP contribution in [-0.4, -0.2) is 39.8 Å². The number of carbonyl (C=O) groups excluding carboxylic acids is 1. The molecule has 2 aromatic carbocycles. The normalized spacial score (nSPS) is 18.1. The largest absolute Gasteiger partial charge is 0.376 e. The Bertz CT molecular complexity index is 1090. The molecule has 1 aromatic heterocycles. The SMILES string of the molecule is CCc1cc2c(cc1Cc1ccc(-c3cnn(C)c3)cc1)C(=O)N(CC1CCCO1)C2. The van der Waals surface area contributed by atoms with Crippen molar-refractivity contribution in [3.05, 3.63) is 76.6 Å². The van der Waals surface area contributed by atoms with E-state index in [1.807, 2.05) is 29.0 Å². The predicted molar refractivity (Wildman–Crippen MR) is 121 cm³/mol. The van der Waals surface area contributed by atoms with Crippen molar-refractivity contribution < 1.29 is 9.53 Å². The van der Waals surface area contributed by atoms with E-state index < -0.39 is 0 Å². The molecule has 1 atom stereocenters. The molecule has 5 heteroatoms. The molecule has 5 nitrogen and oxygen atoms in total. The summed E-state index contributed by atoms with van der Waals surface area (Å²) in [5, 5.41) is 4.26. The van der Waals surface area contributed by atoms with Crippen LogP contribution in [0.5, 0.6) is 0 Å². The van der Waals surface area contributed by atoms with Gasteiger partial charge in [-0.3, -0.25) is 9.48 Å². The molecule has 0 saturated carbocycles. The second kappa shape index (κ2) is 8.31. The van der Waals surface area contributed by atoms with Gasteiger partial charge in [0.05, 0.1) is 12.3 Å². The lowest BCUT2D eigenvalue weighted by atomic mass is 9.93. The Labute approximate surface area is 183 Å². The van der Waals surface area contributed by atoms with E-state index in [0.29, 0.717) is 13.1 Å². The minimum atomic E-state index is 0.154. The highest BCUT2D eigenvalue weighted by Gasteiger charge is 2.31. The first-order valence-corrected chi connectivity index (χ1v) is 11.2. The van der Waals surface area contributed by atoms with E-state index in [0.717, 1.165) is 49.0 Å². The zero-order valence-electron chi connectivity index (χ0n) is 18.3. The summed E-state index contributed by atoms with van der Waals surface area (Å²) in [5.41, 5.74) is 8.17. The van der Waals surface area contributed by atoms with E-state index in [1.165, 1.54) is 22.3 Å². The Hall–Kier alpha value is -2.92. The van der Waals surface area contributed by atoms with Crippen LogP contribution in [0.25, 0.3) is 11.1 Å². The van der Waals surface area contributed by atoms with Gasteiger partial charge in [-0.15, -0.1) is 0 Å². The summed E-state index contributed by atoms with van der Waals surface area (Å²) in [6.45, 7) is 4.43. The van der Waals surface area contributed by atoms with Gasteiger partial charge in [-0.2, -0.15) is 5.10 Å². The third-order valence-electron chi connectivity index (χ3n) is 6.52. The first kappa shape index (κ1) is 20.0. The van der Waals surface area contributed by atoms with Gasteiger partial charge in [0.15, 0.2) is 0 Å². The summed E-state index contributed by atoms with van der Waals surface area (Å²) in [5.74, 6) is 0.154. The van der Waals surface area contributed by atoms with Gasteiger partial charge in [-0.1, -0.05) is 37.3 Å². The van der Waals surface area contributed by atoms with Crippen molar-refractivity contribution in [1.82, 2.24) is 14.7 Å². The van der Waals surface area contributed by atoms with E-state index in [4.69, 9.17) is 4.74 Å². The molecule has 2 aliphatic heterocycles. The first-order chi connectivity index (χ1) is 15.1. The highest BCUT2D eigenvalue weighted by molar-refractivity contribution is 5.98. The molecule has 1 fully saturated rings. The highest BCUT2D eigenvalue weighted by atomic mass is 16.5. The van der Waals surface area contributed by atoms with Crippen LogP contribution in [0.4, 0.5) is 0 Å². The summed E-state index contributed by atoms with van der Waals surface area (Å²) in [4.78, 5) is 15.0. The van der Waals surface area contributed by atoms with Crippen LogP contribution in [0.2, 0.25) is 0 Å². The molecular formula is C26H29N3O2. The number of aryl methyl sites for hydroxylation is 2. The van der Waals surface area contributed by atoms with Gasteiger partial charge in [-0.25, -0.2) is 0 Å². The van der Waals surface area contributed by atoms with Crippen LogP contribution >= 0.6 is 0 Å². The molecule has 1 saturated heterocycles. The lowest BCUT2D eigenvalue weighted by molar-refractivity contribution is 0.0545. The maximum atomic E-state index is 13.1. The van der Waals surface area contributed by atoms with E-state index in [9.17, 15) is 4.79 Å². The fraction of sp³-hybridized carbons (Fsp3) is 0.385. The summed E-state index contributed by atoms with van der Waals surface area (Å²) in [6.07, 6.45) is 8.07. The van der Waals surface area contributed by atoms with Crippen molar-refractivity contribution in [2.45, 2.75) is 45.3 Å². The van der Waals surface area contributed by atoms with Crippen molar-refractivity contribution >= 4 is 5.91 Å². The third-order valence-corrected chi connectivity index (χ3v) is 6.52. The van der Waals surface area contributed by atoms with Crippen molar-refractivity contribution in [2.75, 3.05) is 13.2 Å². The zero-order chi connectivity index (χ0) is 21.4. The zero-order valence-corrected chi connectivity index (χ0v) is 18.3. The summed E-state index contributed by atoms with van der Waals surface area (Å²) < 4.78 is 7.57. The number of benzene rings is 2. The number of ether oxygens (including phenoxy) is 1. The number of aromatic nitrogens is 2. The van der Waals surface area contributed by atoms with Crippen LogP contribution in [-0.2, 0) is 31.2 Å². The van der Waals surface area contributed by atoms with Crippen molar-refractivity contribution in [3.63, 3.8) is 0 Å². The number of carbonyl (C=O) groups is 1. The molecule has 0 N–H and O–H groups in total. The number of rotatable bonds is 6. The molecule has 31 heavy (non-hydrogen) atoms. The van der Waals surface area contributed by atoms with E-state index in [1.54, 1.807) is 0 Å². The number of hydrogen-bond acceptors (Lipinski definition) is 3. The number of nitrogens with zero attached hydrogens (tertiary/aromatic N) is 3. The van der Waals surface area contributed by atoms with Crippen LogP contribution in [0.15, 0.2) is 48.8 Å². The summed E-state index contributed by atoms with van der Waals surface area (Å²) >= 11 is 0. The molecule has 0 radical (unpaired) electrons. The summed E-state index contributed by atoms with van der Waals surface area (Å²) in [6, 6.07) is 13.1. The Morgan fingerprint density at radius 2 is 1.97 bits per heavy atom. The maximum absolute atomic E-state index is 13.1. The van der Waals surface area contributed by atoms with Gasteiger partial charge in [-0.05, 0) is 59.6 Å². The quantitative estimate of drug-likeness (QED) is 0.600. The minimum absolute atomic E-state index is 0.154. The highest BCUT2D eigenvalue weighted by Crippen LogP contribution is 2.30. The van der Waals surface area contributed by atoms with Gasteiger partial charge in [0.2, 0.25) is 0 Å². The Balaban J connectivity index is 1.35. The lowest BCUT2D eigenvalue weighted by Gasteiger charge is -2.19. The molecule has 1 unspecified atom stereocenters. The average Bonchev–Trinajstić information content (AvgIpc) is 3.51. The molecule has 3 heterocycles. The lowest BCUT2D eigenvalue weighted by Crippen LogP contribution is -2.32. The van der Waals surface area contributed by atoms with Gasteiger partial charge >= 0.3 is 0 Å². The van der Waals surface area contributed by atoms with E-state index >= 15 is 0 Å². The van der Waals surface area contributed by atoms with Crippen molar-refractivity contribution in [1.29, 1.82) is 0 Å². The Kier molecular flexibility index (Phi) is 5.36. The molecule has 3 aromatic rings. The molecule has 160 valence electrons. The molecule has 5 rings (SSSR count). The van der Waals surface area contributed by atoms with Crippen LogP contribution < -0.4 is 0 Å². The Morgan fingerprint density at radius 1 is 1.13 bits per heavy atom. The monoisotopic (exact) mass is 415 g/mol. The molecular weight excluding hydrogens is 386 g/mol. The van der Waals surface area contributed by atoms with Gasteiger partial charge in [0.25, 0.3) is 5.91 Å². The maximum Gasteiger partial charge on any atom is 0.254 e. The topological polar surface area (TPSA) is 47.4 Å². The van der Waals surface area contributed by atoms with Crippen molar-refractivity contribution in [3.8, 4) is 11.1 Å². The molecule has 0 bridgehead atoms. The second-order valence-corrected chi connectivity index (χ2v) is 8.73. The minimum Gasteiger partial charge on any atom is -0.376 e. The third kappa shape index (κ3) is 4.02. The van der Waals surface area contributed by atoms with Crippen LogP contribution in [0.3, 0.4) is 0 Å². The van der Waals surface area contributed by atoms with Crippen molar-refractivity contribution in [2.24, 2.45) is 7.05 Å². The van der Waals surface area contributed by atoms with E-state index in [2.05, 4.69) is 48.4 Å². The standard InChI is InChI=1S/C26H29N3O2/c1-3-19-12-22-16-29(17-24-5-4-10-31-24)26(30)25(22)13-21(19)11-18-6-8-20(9-7-18)23-14-27-28(2)15-23/h6-9,12-15,24H,3-5,10-11,16-17H2,1-2H3. The first-order valence-electron chi connectivity index (χ1n) is 11.2. The Morgan fingerprint density at radius 3 is 2.65 bits per heavy atom. The number of hydrogen-bond donors (Lipinski definition) is 0. The predicted octanol–water partition coefficient (Wildman–Crippen LogP) is 4.38. The van der Waals surface area contributed by atoms with Gasteiger partial charge < -0.3 is 9.64 Å². The molecule has 0 aliphatic carbocycles. The molecule has 2 aliphatic rings. The fourth-order valence-corrected chi connectivity index (χ4v) is 4.80. The van der Waals surface area contributed by atoms with Gasteiger partial charge in [0.1, 0.15) is 0 Å². The average molecular weight is 416 g/mol. The van der Waals surface area contributed by atoms with Gasteiger partial charge in [0, 0.05) is 44.1 Å². The van der Waals surface area contributed by atoms with E-state index in [-0.39, 0.29) is 12.0 Å². The fourth-order valence-electron chi connectivity index (χ4n) is 4.80. The molecule has 1 amide bonds. The molecule has 0 spiro atoms. The smallest absolute Gasteiger partial charge is 0.254 e. The second-order valence-electron chi connectivity index (χ2n) is 8.73. The number of fused-ring (bicyclic) bond motifs is 1. The number of amides is 1. The van der Waals surface area contributed by atoms with Crippen LogP contribution in [0.1, 0.15) is 52.4 Å².